The van der Waals surface area contributed by atoms with Crippen LogP contribution in [0, 0.1) is 5.41 Å². The summed E-state index contributed by atoms with van der Waals surface area (Å²) in [5.41, 5.74) is 0.908. The Balaban J connectivity index is 1.39. The maximum Gasteiger partial charge on any atom is 0.230 e. The highest BCUT2D eigenvalue weighted by molar-refractivity contribution is 5.85. The molecule has 26 heavy (non-hydrogen) atoms. The van der Waals surface area contributed by atoms with Gasteiger partial charge < -0.3 is 14.4 Å². The van der Waals surface area contributed by atoms with E-state index in [1.165, 1.54) is 5.56 Å². The first-order valence-electron chi connectivity index (χ1n) is 9.20. The van der Waals surface area contributed by atoms with E-state index in [1.54, 1.807) is 13.3 Å². The summed E-state index contributed by atoms with van der Waals surface area (Å²) in [6.45, 7) is 2.60. The van der Waals surface area contributed by atoms with Crippen molar-refractivity contribution >= 4 is 5.91 Å². The fraction of sp³-hybridized carbons (Fsp3) is 0.500. The van der Waals surface area contributed by atoms with Gasteiger partial charge in [0.2, 0.25) is 5.91 Å². The van der Waals surface area contributed by atoms with Gasteiger partial charge in [0.1, 0.15) is 5.75 Å². The zero-order valence-corrected chi connectivity index (χ0v) is 15.1. The van der Waals surface area contributed by atoms with E-state index in [2.05, 4.69) is 11.2 Å². The number of nitrogens with zero attached hydrogens (tertiary/aromatic N) is 3. The Bertz CT molecular complexity index is 755. The Hall–Kier alpha value is -2.34. The average Bonchev–Trinajstić information content (AvgIpc) is 3.27. The number of hydrogen-bond donors (Lipinski definition) is 0. The van der Waals surface area contributed by atoms with Crippen LogP contribution in [0.5, 0.6) is 5.75 Å². The summed E-state index contributed by atoms with van der Waals surface area (Å²) in [6, 6.07) is 9.94. The quantitative estimate of drug-likeness (QED) is 0.797. The molecule has 1 saturated carbocycles. The van der Waals surface area contributed by atoms with Crippen molar-refractivity contribution in [1.82, 2.24) is 14.7 Å². The summed E-state index contributed by atoms with van der Waals surface area (Å²) in [5.74, 6) is 1.11. The number of amides is 1. The van der Waals surface area contributed by atoms with E-state index < -0.39 is 0 Å². The summed E-state index contributed by atoms with van der Waals surface area (Å²) in [6.07, 6.45) is 6.40. The van der Waals surface area contributed by atoms with Crippen molar-refractivity contribution in [3.8, 4) is 5.75 Å². The average molecular weight is 355 g/mol. The zero-order valence-electron chi connectivity index (χ0n) is 15.1. The normalized spacial score (nSPS) is 21.4. The molecule has 2 aromatic rings. The van der Waals surface area contributed by atoms with Crippen LogP contribution in [0.25, 0.3) is 0 Å². The summed E-state index contributed by atoms with van der Waals surface area (Å²) in [5, 5.41) is 4.27. The lowest BCUT2D eigenvalue weighted by Gasteiger charge is -2.35. The van der Waals surface area contributed by atoms with Gasteiger partial charge in [0.25, 0.3) is 0 Å². The zero-order chi connectivity index (χ0) is 18.0. The lowest BCUT2D eigenvalue weighted by molar-refractivity contribution is -0.145. The lowest BCUT2D eigenvalue weighted by Crippen LogP contribution is -2.49. The third-order valence-corrected chi connectivity index (χ3v) is 5.35. The first kappa shape index (κ1) is 17.1. The molecule has 0 N–H and O–H groups in total. The van der Waals surface area contributed by atoms with Gasteiger partial charge in [-0.15, -0.1) is 0 Å². The molecule has 2 heterocycles. The van der Waals surface area contributed by atoms with Gasteiger partial charge in [-0.1, -0.05) is 12.1 Å². The molecule has 6 nitrogen and oxygen atoms in total. The van der Waals surface area contributed by atoms with Gasteiger partial charge in [0.15, 0.2) is 0 Å². The molecule has 1 amide bonds. The van der Waals surface area contributed by atoms with E-state index >= 15 is 0 Å². The second-order valence-corrected chi connectivity index (χ2v) is 7.28. The number of carbonyl (C=O) groups excluding carboxylic acids is 1. The van der Waals surface area contributed by atoms with Gasteiger partial charge in [-0.05, 0) is 36.6 Å². The van der Waals surface area contributed by atoms with E-state index in [1.807, 2.05) is 40.0 Å². The van der Waals surface area contributed by atoms with Crippen LogP contribution in [0.3, 0.4) is 0 Å². The molecule has 2 aliphatic rings. The Morgan fingerprint density at radius 2 is 2.27 bits per heavy atom. The first-order chi connectivity index (χ1) is 12.7. The molecule has 0 bridgehead atoms. The Labute approximate surface area is 153 Å². The van der Waals surface area contributed by atoms with E-state index in [0.717, 1.165) is 25.0 Å². The van der Waals surface area contributed by atoms with Gasteiger partial charge in [-0.2, -0.15) is 5.10 Å². The van der Waals surface area contributed by atoms with Gasteiger partial charge in [-0.25, -0.2) is 0 Å². The second kappa shape index (κ2) is 7.11. The molecule has 1 saturated heterocycles. The lowest BCUT2D eigenvalue weighted by atomic mass is 10.0. The van der Waals surface area contributed by atoms with Crippen LogP contribution in [0.2, 0.25) is 0 Å². The number of rotatable bonds is 6. The Morgan fingerprint density at radius 3 is 3.00 bits per heavy atom. The summed E-state index contributed by atoms with van der Waals surface area (Å²) < 4.78 is 13.1. The fourth-order valence-corrected chi connectivity index (χ4v) is 3.72. The van der Waals surface area contributed by atoms with E-state index in [-0.39, 0.29) is 17.4 Å². The first-order valence-corrected chi connectivity index (χ1v) is 9.20. The number of ether oxygens (including phenoxy) is 2. The Morgan fingerprint density at radius 1 is 1.38 bits per heavy atom. The van der Waals surface area contributed by atoms with E-state index in [4.69, 9.17) is 9.47 Å². The Kier molecular flexibility index (Phi) is 4.68. The van der Waals surface area contributed by atoms with Crippen LogP contribution in [0.4, 0.5) is 0 Å². The minimum Gasteiger partial charge on any atom is -0.497 e. The molecule has 0 spiro atoms. The van der Waals surface area contributed by atoms with Gasteiger partial charge in [0, 0.05) is 31.9 Å². The molecule has 1 aliphatic carbocycles. The van der Waals surface area contributed by atoms with E-state index in [9.17, 15) is 4.79 Å². The fourth-order valence-electron chi connectivity index (χ4n) is 3.72. The van der Waals surface area contributed by atoms with E-state index in [0.29, 0.717) is 26.2 Å². The molecular formula is C20H25N3O3. The summed E-state index contributed by atoms with van der Waals surface area (Å²) in [7, 11) is 1.67. The third kappa shape index (κ3) is 3.60. The van der Waals surface area contributed by atoms with Crippen molar-refractivity contribution < 1.29 is 14.3 Å². The topological polar surface area (TPSA) is 56.6 Å². The van der Waals surface area contributed by atoms with Crippen LogP contribution in [0.15, 0.2) is 42.7 Å². The van der Waals surface area contributed by atoms with Crippen LogP contribution in [0.1, 0.15) is 18.4 Å². The highest BCUT2D eigenvalue weighted by Gasteiger charge is 2.52. The third-order valence-electron chi connectivity index (χ3n) is 5.35. The van der Waals surface area contributed by atoms with Crippen LogP contribution in [-0.2, 0) is 22.5 Å². The SMILES string of the molecule is COc1cccc(C[C@@H]2CN(C(=O)C3(Cn4cccn4)CC3)CCO2)c1. The largest absolute Gasteiger partial charge is 0.497 e. The molecule has 1 aromatic heterocycles. The summed E-state index contributed by atoms with van der Waals surface area (Å²) >= 11 is 0. The van der Waals surface area contributed by atoms with Gasteiger partial charge in [-0.3, -0.25) is 9.48 Å². The smallest absolute Gasteiger partial charge is 0.230 e. The maximum atomic E-state index is 13.1. The number of methoxy groups -OCH3 is 1. The molecule has 1 aliphatic heterocycles. The van der Waals surface area contributed by atoms with Gasteiger partial charge >= 0.3 is 0 Å². The van der Waals surface area contributed by atoms with Crippen LogP contribution < -0.4 is 4.74 Å². The molecule has 4 rings (SSSR count). The molecule has 6 heteroatoms. The molecule has 1 atom stereocenters. The van der Waals surface area contributed by atoms with Crippen LogP contribution >= 0.6 is 0 Å². The monoisotopic (exact) mass is 355 g/mol. The maximum absolute atomic E-state index is 13.1. The summed E-state index contributed by atoms with van der Waals surface area (Å²) in [4.78, 5) is 15.1. The predicted molar refractivity (Wildman–Crippen MR) is 96.9 cm³/mol. The van der Waals surface area contributed by atoms with Crippen LogP contribution in [-0.4, -0.2) is 53.5 Å². The molecule has 2 fully saturated rings. The molecule has 0 unspecified atom stereocenters. The minimum atomic E-state index is -0.260. The van der Waals surface area contributed by atoms with Crippen molar-refractivity contribution in [2.24, 2.45) is 5.41 Å². The van der Waals surface area contributed by atoms with Crippen molar-refractivity contribution in [2.45, 2.75) is 31.9 Å². The van der Waals surface area contributed by atoms with Crippen molar-refractivity contribution in [3.05, 3.63) is 48.3 Å². The number of hydrogen-bond acceptors (Lipinski definition) is 4. The van der Waals surface area contributed by atoms with Crippen molar-refractivity contribution in [1.29, 1.82) is 0 Å². The molecule has 138 valence electrons. The standard InChI is InChI=1S/C20H25N3O3/c1-25-17-5-2-4-16(12-17)13-18-14-22(10-11-26-18)19(24)20(6-7-20)15-23-9-3-8-21-23/h2-5,8-9,12,18H,6-7,10-11,13-15H2,1H3/t18-/m1/s1. The second-order valence-electron chi connectivity index (χ2n) is 7.28. The van der Waals surface area contributed by atoms with Crippen molar-refractivity contribution in [2.75, 3.05) is 26.8 Å². The predicted octanol–water partition coefficient (Wildman–Crippen LogP) is 2.14. The highest BCUT2D eigenvalue weighted by atomic mass is 16.5. The number of morpholine rings is 1. The van der Waals surface area contributed by atoms with Crippen molar-refractivity contribution in [3.63, 3.8) is 0 Å². The molecular weight excluding hydrogens is 330 g/mol. The number of carbonyl (C=O) groups is 1. The number of benzene rings is 1. The van der Waals surface area contributed by atoms with Gasteiger partial charge in [0.05, 0.1) is 31.8 Å². The minimum absolute atomic E-state index is 0.0281. The highest BCUT2D eigenvalue weighted by Crippen LogP contribution is 2.48. The molecule has 1 aromatic carbocycles. The molecule has 0 radical (unpaired) electrons. The number of aromatic nitrogens is 2.